The largest absolute Gasteiger partial charge is 0.456 e. The van der Waals surface area contributed by atoms with Gasteiger partial charge in [-0.3, -0.25) is 9.69 Å². The quantitative estimate of drug-likeness (QED) is 0.302. The number of allylic oxidation sites excluding steroid dienone is 1. The molecule has 26 heavy (non-hydrogen) atoms. The predicted molar refractivity (Wildman–Crippen MR) is 102 cm³/mol. The van der Waals surface area contributed by atoms with Crippen molar-refractivity contribution in [2.24, 2.45) is 0 Å². The Morgan fingerprint density at radius 3 is 2.65 bits per heavy atom. The lowest BCUT2D eigenvalue weighted by Crippen LogP contribution is -2.50. The van der Waals surface area contributed by atoms with Gasteiger partial charge in [0.25, 0.3) is 0 Å². The molecule has 1 fully saturated rings. The maximum absolute atomic E-state index is 12.0. The van der Waals surface area contributed by atoms with E-state index in [1.165, 1.54) is 51.9 Å². The Morgan fingerprint density at radius 1 is 1.19 bits per heavy atom. The van der Waals surface area contributed by atoms with Crippen molar-refractivity contribution in [3.8, 4) is 0 Å². The summed E-state index contributed by atoms with van der Waals surface area (Å²) in [7, 11) is 0. The lowest BCUT2D eigenvalue weighted by atomic mass is 9.99. The first-order valence-electron chi connectivity index (χ1n) is 10.1. The number of carbonyl (C=O) groups excluding carboxylic acids is 2. The van der Waals surface area contributed by atoms with E-state index in [0.717, 1.165) is 12.8 Å². The van der Waals surface area contributed by atoms with Crippen molar-refractivity contribution in [1.29, 1.82) is 0 Å². The van der Waals surface area contributed by atoms with Gasteiger partial charge in [0.15, 0.2) is 0 Å². The third-order valence-corrected chi connectivity index (χ3v) is 5.03. The fourth-order valence-electron chi connectivity index (χ4n) is 3.61. The van der Waals surface area contributed by atoms with Crippen molar-refractivity contribution in [1.82, 2.24) is 4.90 Å². The van der Waals surface area contributed by atoms with E-state index in [2.05, 4.69) is 19.1 Å². The molecule has 0 aromatic heterocycles. The van der Waals surface area contributed by atoms with Gasteiger partial charge in [0.2, 0.25) is 0 Å². The third-order valence-electron chi connectivity index (χ3n) is 5.03. The van der Waals surface area contributed by atoms with Gasteiger partial charge in [-0.05, 0) is 25.3 Å². The van der Waals surface area contributed by atoms with Crippen LogP contribution < -0.4 is 0 Å². The number of hydrogen-bond acceptors (Lipinski definition) is 4. The molecule has 0 saturated carbocycles. The molecule has 1 saturated heterocycles. The number of esters is 1. The molecule has 0 N–H and O–H groups in total. The van der Waals surface area contributed by atoms with Crippen molar-refractivity contribution >= 4 is 12.1 Å². The van der Waals surface area contributed by atoms with Crippen molar-refractivity contribution in [3.05, 3.63) is 24.3 Å². The Morgan fingerprint density at radius 2 is 1.92 bits per heavy atom. The SMILES string of the molecule is CCCCCCCCC/C=C/C[C@@H]1C=C[C@H](OC(C)=O)[C@H]2COC(=O)N21. The molecule has 2 heterocycles. The Balaban J connectivity index is 1.71. The molecule has 1 amide bonds. The average Bonchev–Trinajstić information content (AvgIpc) is 3.00. The van der Waals surface area contributed by atoms with Crippen molar-refractivity contribution in [3.63, 3.8) is 0 Å². The first kappa shape index (κ1) is 20.5. The molecule has 0 unspecified atom stereocenters. The summed E-state index contributed by atoms with van der Waals surface area (Å²) in [5.41, 5.74) is 0. The van der Waals surface area contributed by atoms with Gasteiger partial charge >= 0.3 is 12.1 Å². The van der Waals surface area contributed by atoms with E-state index in [0.29, 0.717) is 0 Å². The maximum Gasteiger partial charge on any atom is 0.410 e. The third kappa shape index (κ3) is 6.19. The second-order valence-electron chi connectivity index (χ2n) is 7.19. The molecule has 146 valence electrons. The standard InChI is InChI=1S/C21H33NO4/c1-3-4-5-6-7-8-9-10-11-12-13-18-14-15-20(26-17(2)23)19-16-25-21(24)22(18)19/h11-12,14-15,18-20H,3-10,13,16H2,1-2H3/b12-11+/t18-,19-,20+/m1/s1. The van der Waals surface area contributed by atoms with Gasteiger partial charge < -0.3 is 9.47 Å². The number of cyclic esters (lactones) is 1. The number of unbranched alkanes of at least 4 members (excludes halogenated alkanes) is 7. The highest BCUT2D eigenvalue weighted by Gasteiger charge is 2.44. The van der Waals surface area contributed by atoms with E-state index < -0.39 is 6.10 Å². The number of hydrogen-bond donors (Lipinski definition) is 0. The van der Waals surface area contributed by atoms with Crippen molar-refractivity contribution < 1.29 is 19.1 Å². The molecule has 0 spiro atoms. The highest BCUT2D eigenvalue weighted by molar-refractivity contribution is 5.72. The number of carbonyl (C=O) groups is 2. The number of fused-ring (bicyclic) bond motifs is 1. The zero-order chi connectivity index (χ0) is 18.8. The van der Waals surface area contributed by atoms with Crippen LogP contribution in [0.3, 0.4) is 0 Å². The Bertz CT molecular complexity index is 514. The van der Waals surface area contributed by atoms with Gasteiger partial charge in [-0.1, -0.05) is 63.7 Å². The first-order chi connectivity index (χ1) is 12.6. The van der Waals surface area contributed by atoms with Crippen LogP contribution in [0, 0.1) is 0 Å². The van der Waals surface area contributed by atoms with Gasteiger partial charge in [0.05, 0.1) is 6.04 Å². The molecule has 3 atom stereocenters. The van der Waals surface area contributed by atoms with Crippen LogP contribution in [-0.2, 0) is 14.3 Å². The lowest BCUT2D eigenvalue weighted by Gasteiger charge is -2.35. The molecule has 2 aliphatic rings. The van der Waals surface area contributed by atoms with E-state index in [4.69, 9.17) is 9.47 Å². The van der Waals surface area contributed by atoms with Gasteiger partial charge in [0, 0.05) is 6.92 Å². The minimum absolute atomic E-state index is 0.0212. The van der Waals surface area contributed by atoms with Crippen LogP contribution in [0.5, 0.6) is 0 Å². The van der Waals surface area contributed by atoms with E-state index >= 15 is 0 Å². The zero-order valence-electron chi connectivity index (χ0n) is 16.2. The fourth-order valence-corrected chi connectivity index (χ4v) is 3.61. The van der Waals surface area contributed by atoms with Gasteiger partial charge in [-0.2, -0.15) is 0 Å². The predicted octanol–water partition coefficient (Wildman–Crippen LogP) is 4.76. The summed E-state index contributed by atoms with van der Waals surface area (Å²) < 4.78 is 10.5. The van der Waals surface area contributed by atoms with Crippen LogP contribution >= 0.6 is 0 Å². The Kier molecular flexibility index (Phi) is 8.72. The number of amides is 1. The van der Waals surface area contributed by atoms with E-state index in [-0.39, 0.29) is 30.8 Å². The van der Waals surface area contributed by atoms with Crippen LogP contribution in [0.2, 0.25) is 0 Å². The molecule has 0 aromatic carbocycles. The van der Waals surface area contributed by atoms with Crippen molar-refractivity contribution in [2.45, 2.75) is 89.8 Å². The van der Waals surface area contributed by atoms with Crippen molar-refractivity contribution in [2.75, 3.05) is 6.61 Å². The summed E-state index contributed by atoms with van der Waals surface area (Å²) >= 11 is 0. The van der Waals surface area contributed by atoms with Crippen LogP contribution in [0.4, 0.5) is 4.79 Å². The average molecular weight is 363 g/mol. The smallest absolute Gasteiger partial charge is 0.410 e. The monoisotopic (exact) mass is 363 g/mol. The van der Waals surface area contributed by atoms with Crippen LogP contribution in [0.25, 0.3) is 0 Å². The summed E-state index contributed by atoms with van der Waals surface area (Å²) in [6, 6.07) is -0.231. The van der Waals surface area contributed by atoms with Crippen LogP contribution in [0.15, 0.2) is 24.3 Å². The summed E-state index contributed by atoms with van der Waals surface area (Å²) in [6.07, 6.45) is 18.6. The highest BCUT2D eigenvalue weighted by atomic mass is 16.6. The van der Waals surface area contributed by atoms with Gasteiger partial charge in [0.1, 0.15) is 18.8 Å². The summed E-state index contributed by atoms with van der Waals surface area (Å²) in [4.78, 5) is 25.0. The molecule has 0 radical (unpaired) electrons. The van der Waals surface area contributed by atoms with E-state index in [1.54, 1.807) is 4.90 Å². The fraction of sp³-hybridized carbons (Fsp3) is 0.714. The molecule has 0 aliphatic carbocycles. The van der Waals surface area contributed by atoms with Gasteiger partial charge in [-0.25, -0.2) is 4.79 Å². The van der Waals surface area contributed by atoms with Crippen LogP contribution in [0.1, 0.15) is 71.6 Å². The Hall–Kier alpha value is -1.78. The molecule has 2 aliphatic heterocycles. The summed E-state index contributed by atoms with van der Waals surface area (Å²) in [5, 5.41) is 0. The summed E-state index contributed by atoms with van der Waals surface area (Å²) in [6.45, 7) is 3.90. The normalized spacial score (nSPS) is 24.8. The van der Waals surface area contributed by atoms with Crippen LogP contribution in [-0.4, -0.2) is 41.8 Å². The second-order valence-corrected chi connectivity index (χ2v) is 7.19. The first-order valence-corrected chi connectivity index (χ1v) is 10.1. The molecule has 5 nitrogen and oxygen atoms in total. The molecule has 2 rings (SSSR count). The topological polar surface area (TPSA) is 55.8 Å². The zero-order valence-corrected chi connectivity index (χ0v) is 16.2. The maximum atomic E-state index is 12.0. The van der Waals surface area contributed by atoms with E-state index in [1.807, 2.05) is 12.2 Å². The minimum atomic E-state index is -0.410. The molecule has 0 aromatic rings. The minimum Gasteiger partial charge on any atom is -0.456 e. The summed E-state index contributed by atoms with van der Waals surface area (Å²) in [5.74, 6) is -0.341. The van der Waals surface area contributed by atoms with E-state index in [9.17, 15) is 9.59 Å². The number of nitrogens with zero attached hydrogens (tertiary/aromatic N) is 1. The molecular weight excluding hydrogens is 330 g/mol. The molecule has 0 bridgehead atoms. The molecular formula is C21H33NO4. The number of ether oxygens (including phenoxy) is 2. The molecule has 5 heteroatoms. The Labute approximate surface area is 157 Å². The lowest BCUT2D eigenvalue weighted by molar-refractivity contribution is -0.146. The highest BCUT2D eigenvalue weighted by Crippen LogP contribution is 2.28. The van der Waals surface area contributed by atoms with Gasteiger partial charge in [-0.15, -0.1) is 0 Å². The number of rotatable bonds is 11. The second kappa shape index (κ2) is 11.0.